The maximum Gasteiger partial charge on any atom is 0.257 e. The normalized spacial score (nSPS) is 11.1. The second-order valence-electron chi connectivity index (χ2n) is 4.24. The molecule has 1 aromatic heterocycles. The van der Waals surface area contributed by atoms with Gasteiger partial charge in [-0.3, -0.25) is 0 Å². The summed E-state index contributed by atoms with van der Waals surface area (Å²) in [7, 11) is 0. The summed E-state index contributed by atoms with van der Waals surface area (Å²) in [5.41, 5.74) is 8.25. The van der Waals surface area contributed by atoms with E-state index >= 15 is 0 Å². The molecule has 0 saturated carbocycles. The molecule has 1 heterocycles. The van der Waals surface area contributed by atoms with Crippen molar-refractivity contribution in [3.05, 3.63) is 53.6 Å². The largest absolute Gasteiger partial charge is 0.431 e. The average molecular weight is 292 g/mol. The van der Waals surface area contributed by atoms with Gasteiger partial charge in [0.2, 0.25) is 0 Å². The minimum atomic E-state index is -0.853. The zero-order chi connectivity index (χ0) is 14.1. The van der Waals surface area contributed by atoms with Gasteiger partial charge in [0.1, 0.15) is 5.52 Å². The third-order valence-electron chi connectivity index (χ3n) is 2.74. The summed E-state index contributed by atoms with van der Waals surface area (Å²) in [6, 6.07) is 9.03. The predicted molar refractivity (Wildman–Crippen MR) is 74.3 cm³/mol. The minimum Gasteiger partial charge on any atom is -0.431 e. The van der Waals surface area contributed by atoms with Gasteiger partial charge in [-0.05, 0) is 29.8 Å². The summed E-state index contributed by atoms with van der Waals surface area (Å²) in [6.45, 7) is 0. The number of anilines is 1. The van der Waals surface area contributed by atoms with Crippen LogP contribution in [-0.4, -0.2) is 4.98 Å². The van der Waals surface area contributed by atoms with E-state index in [-0.39, 0.29) is 0 Å². The summed E-state index contributed by atoms with van der Waals surface area (Å²) < 4.78 is 31.4. The van der Waals surface area contributed by atoms with Crippen LogP contribution in [0.25, 0.3) is 11.1 Å². The Morgan fingerprint density at radius 3 is 2.75 bits per heavy atom. The summed E-state index contributed by atoms with van der Waals surface area (Å²) in [4.78, 5) is 4.28. The third kappa shape index (κ3) is 2.60. The highest BCUT2D eigenvalue weighted by Gasteiger charge is 2.08. The fourth-order valence-electron chi connectivity index (χ4n) is 1.76. The van der Waals surface area contributed by atoms with Crippen LogP contribution in [0.3, 0.4) is 0 Å². The molecule has 0 saturated heterocycles. The molecule has 0 atom stereocenters. The summed E-state index contributed by atoms with van der Waals surface area (Å²) in [5, 5.41) is 0.468. The lowest BCUT2D eigenvalue weighted by atomic mass is 10.2. The Morgan fingerprint density at radius 1 is 1.10 bits per heavy atom. The fourth-order valence-corrected chi connectivity index (χ4v) is 2.54. The lowest BCUT2D eigenvalue weighted by Gasteiger charge is -1.99. The number of rotatable bonds is 3. The molecule has 6 heteroatoms. The van der Waals surface area contributed by atoms with Gasteiger partial charge in [-0.25, -0.2) is 13.8 Å². The second-order valence-corrected chi connectivity index (χ2v) is 5.17. The molecule has 0 spiro atoms. The van der Waals surface area contributed by atoms with Gasteiger partial charge in [0.05, 0.1) is 0 Å². The van der Waals surface area contributed by atoms with E-state index in [0.29, 0.717) is 33.3 Å². The summed E-state index contributed by atoms with van der Waals surface area (Å²) in [6.07, 6.45) is 0. The van der Waals surface area contributed by atoms with Gasteiger partial charge >= 0.3 is 0 Å². The molecule has 3 rings (SSSR count). The zero-order valence-electron chi connectivity index (χ0n) is 10.3. The first-order valence-electron chi connectivity index (χ1n) is 5.84. The predicted octanol–water partition coefficient (Wildman–Crippen LogP) is 3.98. The van der Waals surface area contributed by atoms with Crippen LogP contribution in [0.1, 0.15) is 5.56 Å². The van der Waals surface area contributed by atoms with Crippen molar-refractivity contribution < 1.29 is 13.2 Å². The Labute approximate surface area is 117 Å². The molecule has 3 nitrogen and oxygen atoms in total. The van der Waals surface area contributed by atoms with Crippen molar-refractivity contribution in [2.24, 2.45) is 0 Å². The molecule has 0 aliphatic rings. The van der Waals surface area contributed by atoms with Gasteiger partial charge in [0.15, 0.2) is 17.2 Å². The van der Waals surface area contributed by atoms with Crippen LogP contribution in [0, 0.1) is 11.6 Å². The number of nitrogens with two attached hydrogens (primary N) is 1. The number of fused-ring (bicyclic) bond motifs is 1. The number of nitrogen functional groups attached to an aromatic ring is 1. The number of hydrogen-bond acceptors (Lipinski definition) is 4. The molecular formula is C14H10F2N2OS. The number of oxazole rings is 1. The number of thioether (sulfide) groups is 1. The summed E-state index contributed by atoms with van der Waals surface area (Å²) in [5.74, 6) is -1.26. The highest BCUT2D eigenvalue weighted by atomic mass is 32.2. The Balaban J connectivity index is 1.77. The van der Waals surface area contributed by atoms with E-state index in [4.69, 9.17) is 10.2 Å². The SMILES string of the molecule is Nc1ccc2nc(SCc3ccc(F)c(F)c3)oc2c1. The van der Waals surface area contributed by atoms with Crippen molar-refractivity contribution in [2.45, 2.75) is 11.0 Å². The lowest BCUT2D eigenvalue weighted by Crippen LogP contribution is -1.87. The molecule has 0 fully saturated rings. The Bertz CT molecular complexity index is 773. The Morgan fingerprint density at radius 2 is 1.95 bits per heavy atom. The first-order chi connectivity index (χ1) is 9.61. The smallest absolute Gasteiger partial charge is 0.257 e. The quantitative estimate of drug-likeness (QED) is 0.586. The molecule has 0 amide bonds. The molecule has 20 heavy (non-hydrogen) atoms. The number of hydrogen-bond donors (Lipinski definition) is 1. The van der Waals surface area contributed by atoms with Gasteiger partial charge in [-0.2, -0.15) is 0 Å². The van der Waals surface area contributed by atoms with Crippen molar-refractivity contribution in [1.82, 2.24) is 4.98 Å². The van der Waals surface area contributed by atoms with Gasteiger partial charge in [0.25, 0.3) is 5.22 Å². The van der Waals surface area contributed by atoms with Crippen molar-refractivity contribution in [2.75, 3.05) is 5.73 Å². The van der Waals surface area contributed by atoms with Crippen molar-refractivity contribution in [1.29, 1.82) is 0 Å². The standard InChI is InChI=1S/C14H10F2N2OS/c15-10-3-1-8(5-11(10)16)7-20-14-18-12-4-2-9(17)6-13(12)19-14/h1-6H,7,17H2. The molecule has 2 N–H and O–H groups in total. The number of halogens is 2. The van der Waals surface area contributed by atoms with Crippen LogP contribution >= 0.6 is 11.8 Å². The molecule has 0 aliphatic heterocycles. The summed E-state index contributed by atoms with van der Waals surface area (Å²) >= 11 is 1.31. The zero-order valence-corrected chi connectivity index (χ0v) is 11.1. The maximum absolute atomic E-state index is 13.1. The van der Waals surface area contributed by atoms with E-state index in [1.807, 2.05) is 0 Å². The van der Waals surface area contributed by atoms with Crippen molar-refractivity contribution in [3.63, 3.8) is 0 Å². The fraction of sp³-hybridized carbons (Fsp3) is 0.0714. The second kappa shape index (κ2) is 5.13. The minimum absolute atomic E-state index is 0.444. The van der Waals surface area contributed by atoms with E-state index < -0.39 is 11.6 Å². The molecule has 102 valence electrons. The molecule has 0 radical (unpaired) electrons. The molecular weight excluding hydrogens is 282 g/mol. The number of aromatic nitrogens is 1. The van der Waals surface area contributed by atoms with Crippen LogP contribution < -0.4 is 5.73 Å². The van der Waals surface area contributed by atoms with Crippen molar-refractivity contribution in [3.8, 4) is 0 Å². The molecule has 0 aliphatic carbocycles. The maximum atomic E-state index is 13.1. The Kier molecular flexibility index (Phi) is 3.31. The van der Waals surface area contributed by atoms with E-state index in [2.05, 4.69) is 4.98 Å². The van der Waals surface area contributed by atoms with Gasteiger partial charge < -0.3 is 10.2 Å². The van der Waals surface area contributed by atoms with Crippen LogP contribution in [0.4, 0.5) is 14.5 Å². The number of benzene rings is 2. The number of nitrogens with zero attached hydrogens (tertiary/aromatic N) is 1. The molecule has 3 aromatic rings. The van der Waals surface area contributed by atoms with Crippen LogP contribution in [0.5, 0.6) is 0 Å². The van der Waals surface area contributed by atoms with E-state index in [1.165, 1.54) is 23.9 Å². The lowest BCUT2D eigenvalue weighted by molar-refractivity contribution is 0.489. The van der Waals surface area contributed by atoms with E-state index in [1.54, 1.807) is 18.2 Å². The topological polar surface area (TPSA) is 52.0 Å². The van der Waals surface area contributed by atoms with Crippen molar-refractivity contribution >= 4 is 28.5 Å². The highest BCUT2D eigenvalue weighted by molar-refractivity contribution is 7.98. The third-order valence-corrected chi connectivity index (χ3v) is 3.64. The van der Waals surface area contributed by atoms with Gasteiger partial charge in [-0.15, -0.1) is 0 Å². The van der Waals surface area contributed by atoms with Crippen LogP contribution in [0.15, 0.2) is 46.0 Å². The average Bonchev–Trinajstić information content (AvgIpc) is 2.82. The molecule has 2 aromatic carbocycles. The van der Waals surface area contributed by atoms with E-state index in [0.717, 1.165) is 6.07 Å². The van der Waals surface area contributed by atoms with Crippen LogP contribution in [-0.2, 0) is 5.75 Å². The Hall–Kier alpha value is -2.08. The monoisotopic (exact) mass is 292 g/mol. The first kappa shape index (κ1) is 12.9. The van der Waals surface area contributed by atoms with E-state index in [9.17, 15) is 8.78 Å². The molecule has 0 unspecified atom stereocenters. The van der Waals surface area contributed by atoms with Gasteiger partial charge in [-0.1, -0.05) is 17.8 Å². The van der Waals surface area contributed by atoms with Crippen LogP contribution in [0.2, 0.25) is 0 Å². The van der Waals surface area contributed by atoms with Gasteiger partial charge in [0, 0.05) is 17.5 Å². The molecule has 0 bridgehead atoms. The first-order valence-corrected chi connectivity index (χ1v) is 6.83. The highest BCUT2D eigenvalue weighted by Crippen LogP contribution is 2.27.